The van der Waals surface area contributed by atoms with Crippen molar-refractivity contribution >= 4 is 39.5 Å². The lowest BCUT2D eigenvalue weighted by Crippen LogP contribution is -2.33. The molecule has 9 nitrogen and oxygen atoms in total. The molecule has 2 atom stereocenters. The van der Waals surface area contributed by atoms with Crippen LogP contribution in [0.1, 0.15) is 65.3 Å². The van der Waals surface area contributed by atoms with Crippen molar-refractivity contribution in [2.75, 3.05) is 20.3 Å². The molecule has 1 saturated heterocycles. The van der Waals surface area contributed by atoms with Crippen molar-refractivity contribution in [1.29, 1.82) is 0 Å². The minimum atomic E-state index is -0.570. The highest BCUT2D eigenvalue weighted by Gasteiger charge is 2.27. The smallest absolute Gasteiger partial charge is 0.407 e. The molecule has 2 unspecified atom stereocenters. The Balaban J connectivity index is 1.76. The molecule has 0 radical (unpaired) electrons. The van der Waals surface area contributed by atoms with Crippen molar-refractivity contribution in [2.45, 2.75) is 84.3 Å². The molecule has 37 heavy (non-hydrogen) atoms. The van der Waals surface area contributed by atoms with Crippen molar-refractivity contribution in [3.8, 4) is 0 Å². The highest BCUT2D eigenvalue weighted by atomic mass is 35.5. The van der Waals surface area contributed by atoms with E-state index in [0.717, 1.165) is 35.9 Å². The average molecular weight is 533 g/mol. The van der Waals surface area contributed by atoms with Gasteiger partial charge in [0.25, 0.3) is 5.56 Å². The first-order valence-electron chi connectivity index (χ1n) is 12.9. The van der Waals surface area contributed by atoms with Crippen molar-refractivity contribution in [3.05, 3.63) is 39.3 Å². The second-order valence-corrected chi connectivity index (χ2v) is 11.0. The van der Waals surface area contributed by atoms with Crippen LogP contribution < -0.4 is 10.9 Å². The van der Waals surface area contributed by atoms with Gasteiger partial charge in [-0.1, -0.05) is 11.6 Å². The van der Waals surface area contributed by atoms with Crippen LogP contribution >= 0.6 is 11.6 Å². The first-order chi connectivity index (χ1) is 17.6. The summed E-state index contributed by atoms with van der Waals surface area (Å²) in [6.07, 6.45) is 3.16. The molecule has 3 aromatic rings. The number of alkyl carbamates (subject to hydrolysis) is 1. The Kier molecular flexibility index (Phi) is 8.46. The van der Waals surface area contributed by atoms with Gasteiger partial charge in [-0.15, -0.1) is 0 Å². The molecule has 1 amide bonds. The zero-order valence-electron chi connectivity index (χ0n) is 22.3. The highest BCUT2D eigenvalue weighted by Crippen LogP contribution is 2.32. The second-order valence-electron chi connectivity index (χ2n) is 10.6. The molecule has 1 aliphatic heterocycles. The summed E-state index contributed by atoms with van der Waals surface area (Å²) < 4.78 is 20.6. The van der Waals surface area contributed by atoms with E-state index in [-0.39, 0.29) is 17.9 Å². The minimum Gasteiger partial charge on any atom is -0.444 e. The molecule has 0 spiro atoms. The second kappa shape index (κ2) is 11.4. The Morgan fingerprint density at radius 1 is 1.32 bits per heavy atom. The molecule has 1 N–H and O–H groups in total. The van der Waals surface area contributed by atoms with Gasteiger partial charge in [-0.3, -0.25) is 4.79 Å². The van der Waals surface area contributed by atoms with E-state index >= 15 is 0 Å². The zero-order chi connectivity index (χ0) is 26.7. The number of halogens is 1. The number of nitrogens with one attached hydrogen (secondary N) is 1. The number of amides is 1. The van der Waals surface area contributed by atoms with Crippen molar-refractivity contribution in [3.63, 3.8) is 0 Å². The standard InChI is InChI=1S/C27H37ClN4O5/c1-17(35-5)15-21-23-24(30-32(21)22-9-6-7-14-36-22)19-16-18(28)10-11-20(19)31(25(23)33)13-8-12-29-26(34)37-27(2,3)4/h10-11,16-17,22H,6-9,12-15H2,1-5H3,(H,29,34). The van der Waals surface area contributed by atoms with Crippen molar-refractivity contribution in [2.24, 2.45) is 0 Å². The van der Waals surface area contributed by atoms with E-state index < -0.39 is 11.7 Å². The summed E-state index contributed by atoms with van der Waals surface area (Å²) in [6.45, 7) is 8.88. The van der Waals surface area contributed by atoms with E-state index in [1.807, 2.05) is 44.5 Å². The van der Waals surface area contributed by atoms with Gasteiger partial charge in [-0.2, -0.15) is 5.10 Å². The van der Waals surface area contributed by atoms with Crippen LogP contribution in [0.3, 0.4) is 0 Å². The molecular weight excluding hydrogens is 496 g/mol. The van der Waals surface area contributed by atoms with Crippen molar-refractivity contribution in [1.82, 2.24) is 19.7 Å². The number of pyridine rings is 1. The van der Waals surface area contributed by atoms with Gasteiger partial charge in [0, 0.05) is 43.6 Å². The number of nitrogens with zero attached hydrogens (tertiary/aromatic N) is 3. The molecule has 0 bridgehead atoms. The fourth-order valence-corrected chi connectivity index (χ4v) is 4.90. The molecule has 1 fully saturated rings. The maximum atomic E-state index is 14.0. The number of methoxy groups -OCH3 is 1. The fraction of sp³-hybridized carbons (Fsp3) is 0.593. The fourth-order valence-electron chi connectivity index (χ4n) is 4.73. The molecule has 202 valence electrons. The van der Waals surface area contributed by atoms with Gasteiger partial charge in [0.15, 0.2) is 6.23 Å². The molecule has 0 aliphatic carbocycles. The molecule has 1 aliphatic rings. The molecule has 1 aromatic carbocycles. The Bertz CT molecular complexity index is 1320. The van der Waals surface area contributed by atoms with Crippen LogP contribution in [0.2, 0.25) is 5.02 Å². The molecule has 0 saturated carbocycles. The van der Waals surface area contributed by atoms with E-state index in [0.29, 0.717) is 48.5 Å². The monoisotopic (exact) mass is 532 g/mol. The van der Waals surface area contributed by atoms with Crippen LogP contribution in [0.4, 0.5) is 4.79 Å². The minimum absolute atomic E-state index is 0.108. The lowest BCUT2D eigenvalue weighted by atomic mass is 10.1. The van der Waals surface area contributed by atoms with Gasteiger partial charge in [-0.25, -0.2) is 9.48 Å². The number of carbonyl (C=O) groups is 1. The lowest BCUT2D eigenvalue weighted by Gasteiger charge is -2.25. The van der Waals surface area contributed by atoms with Crippen LogP contribution in [-0.4, -0.2) is 52.4 Å². The van der Waals surface area contributed by atoms with Crippen LogP contribution in [0, 0.1) is 0 Å². The van der Waals surface area contributed by atoms with Crippen LogP contribution in [-0.2, 0) is 27.2 Å². The third-order valence-corrected chi connectivity index (χ3v) is 6.75. The van der Waals surface area contributed by atoms with Gasteiger partial charge < -0.3 is 24.1 Å². The average Bonchev–Trinajstić information content (AvgIpc) is 3.22. The lowest BCUT2D eigenvalue weighted by molar-refractivity contribution is -0.0414. The highest BCUT2D eigenvalue weighted by molar-refractivity contribution is 6.31. The van der Waals surface area contributed by atoms with E-state index in [4.69, 9.17) is 30.9 Å². The summed E-state index contributed by atoms with van der Waals surface area (Å²) in [4.78, 5) is 26.1. The van der Waals surface area contributed by atoms with Gasteiger partial charge in [0.05, 0.1) is 22.7 Å². The van der Waals surface area contributed by atoms with E-state index in [2.05, 4.69) is 5.32 Å². The number of carbonyl (C=O) groups excluding carboxylic acids is 1. The number of fused-ring (bicyclic) bond motifs is 3. The molecule has 3 heterocycles. The Morgan fingerprint density at radius 2 is 2.11 bits per heavy atom. The molecule has 4 rings (SSSR count). The maximum Gasteiger partial charge on any atom is 0.407 e. The first-order valence-corrected chi connectivity index (χ1v) is 13.3. The van der Waals surface area contributed by atoms with Gasteiger partial charge in [-0.05, 0) is 71.6 Å². The Labute approximate surface area is 222 Å². The number of rotatable bonds is 8. The van der Waals surface area contributed by atoms with E-state index in [1.165, 1.54) is 0 Å². The summed E-state index contributed by atoms with van der Waals surface area (Å²) in [5.74, 6) is 0. The van der Waals surface area contributed by atoms with E-state index in [1.54, 1.807) is 17.7 Å². The summed E-state index contributed by atoms with van der Waals surface area (Å²) in [5, 5.41) is 9.65. The molecule has 2 aromatic heterocycles. The van der Waals surface area contributed by atoms with E-state index in [9.17, 15) is 9.59 Å². The number of ether oxygens (including phenoxy) is 3. The largest absolute Gasteiger partial charge is 0.444 e. The predicted molar refractivity (Wildman–Crippen MR) is 144 cm³/mol. The zero-order valence-corrected chi connectivity index (χ0v) is 23.1. The van der Waals surface area contributed by atoms with Crippen molar-refractivity contribution < 1.29 is 19.0 Å². The Hall–Kier alpha value is -2.62. The number of aryl methyl sites for hydroxylation is 1. The summed E-state index contributed by atoms with van der Waals surface area (Å²) >= 11 is 6.40. The molecule has 10 heteroatoms. The third-order valence-electron chi connectivity index (χ3n) is 6.51. The number of hydrogen-bond donors (Lipinski definition) is 1. The first kappa shape index (κ1) is 27.4. The summed E-state index contributed by atoms with van der Waals surface area (Å²) in [6, 6.07) is 5.49. The number of aromatic nitrogens is 3. The molecular formula is C27H37ClN4O5. The summed E-state index contributed by atoms with van der Waals surface area (Å²) in [5.41, 5.74) is 1.49. The van der Waals surface area contributed by atoms with Crippen LogP contribution in [0.25, 0.3) is 21.8 Å². The third kappa shape index (κ3) is 6.27. The topological polar surface area (TPSA) is 96.6 Å². The van der Waals surface area contributed by atoms with Crippen LogP contribution in [0.15, 0.2) is 23.0 Å². The predicted octanol–water partition coefficient (Wildman–Crippen LogP) is 5.20. The van der Waals surface area contributed by atoms with Gasteiger partial charge in [0.2, 0.25) is 0 Å². The normalized spacial score (nSPS) is 17.3. The van der Waals surface area contributed by atoms with Crippen LogP contribution in [0.5, 0.6) is 0 Å². The Morgan fingerprint density at radius 3 is 2.78 bits per heavy atom. The van der Waals surface area contributed by atoms with Gasteiger partial charge >= 0.3 is 6.09 Å². The van der Waals surface area contributed by atoms with Gasteiger partial charge in [0.1, 0.15) is 11.1 Å². The quantitative estimate of drug-likeness (QED) is 0.401. The number of benzene rings is 1. The summed E-state index contributed by atoms with van der Waals surface area (Å²) in [7, 11) is 1.66. The number of hydrogen-bond acceptors (Lipinski definition) is 6. The SMILES string of the molecule is COC(C)Cc1c2c(=O)n(CCCNC(=O)OC(C)(C)C)c3ccc(Cl)cc3c2nn1C1CCCCO1. The maximum absolute atomic E-state index is 14.0.